The third-order valence-corrected chi connectivity index (χ3v) is 6.49. The van der Waals surface area contributed by atoms with E-state index in [9.17, 15) is 9.59 Å². The van der Waals surface area contributed by atoms with Crippen LogP contribution in [0.1, 0.15) is 48.9 Å². The smallest absolute Gasteiger partial charge is 0.274 e. The minimum Gasteiger partial charge on any atom is -0.357 e. The summed E-state index contributed by atoms with van der Waals surface area (Å²) in [5, 5.41) is 0.714. The zero-order chi connectivity index (χ0) is 19.0. The minimum absolute atomic E-state index is 0.00609. The molecule has 2 aromatic heterocycles. The highest BCUT2D eigenvalue weighted by Crippen LogP contribution is 2.28. The number of amides is 1. The number of nitrogens with zero attached hydrogens (tertiary/aromatic N) is 3. The Morgan fingerprint density at radius 2 is 1.93 bits per heavy atom. The number of aromatic nitrogens is 2. The first kappa shape index (κ1) is 18.3. The topological polar surface area (TPSA) is 61.3 Å². The maximum Gasteiger partial charge on any atom is 0.274 e. The zero-order valence-corrected chi connectivity index (χ0v) is 16.4. The highest BCUT2D eigenvalue weighted by molar-refractivity contribution is 6.05. The van der Waals surface area contributed by atoms with Crippen molar-refractivity contribution >= 4 is 16.8 Å². The molecule has 0 bridgehead atoms. The van der Waals surface area contributed by atoms with Gasteiger partial charge in [0.15, 0.2) is 0 Å². The van der Waals surface area contributed by atoms with Gasteiger partial charge in [-0.25, -0.2) is 0 Å². The van der Waals surface area contributed by atoms with Crippen LogP contribution < -0.4 is 5.56 Å². The first-order valence-corrected chi connectivity index (χ1v) is 10.2. The van der Waals surface area contributed by atoms with E-state index in [1.807, 2.05) is 18.0 Å². The van der Waals surface area contributed by atoms with E-state index in [0.717, 1.165) is 12.6 Å². The van der Waals surface area contributed by atoms with Gasteiger partial charge in [0.1, 0.15) is 5.52 Å². The molecule has 3 heterocycles. The van der Waals surface area contributed by atoms with E-state index in [1.54, 1.807) is 19.4 Å². The minimum atomic E-state index is -0.103. The van der Waals surface area contributed by atoms with E-state index in [2.05, 4.69) is 9.88 Å². The van der Waals surface area contributed by atoms with Gasteiger partial charge in [-0.1, -0.05) is 12.8 Å². The lowest BCUT2D eigenvalue weighted by atomic mass is 9.94. The van der Waals surface area contributed by atoms with E-state index in [1.165, 1.54) is 56.2 Å². The van der Waals surface area contributed by atoms with Crippen molar-refractivity contribution in [2.24, 2.45) is 13.0 Å². The number of hydrogen-bond donors (Lipinski definition) is 1. The number of pyridine rings is 1. The van der Waals surface area contributed by atoms with E-state index in [4.69, 9.17) is 0 Å². The number of nitrogens with one attached hydrogen (secondary N) is 1. The van der Waals surface area contributed by atoms with Gasteiger partial charge in [0.05, 0.1) is 5.56 Å². The fraction of sp³-hybridized carbons (Fsp3) is 0.619. The molecule has 4 rings (SSSR count). The number of likely N-dealkylation sites (tertiary alicyclic amines) is 1. The van der Waals surface area contributed by atoms with Gasteiger partial charge < -0.3 is 19.4 Å². The first-order valence-electron chi connectivity index (χ1n) is 10.2. The Hall–Kier alpha value is -2.08. The number of H-pyrrole nitrogens is 1. The van der Waals surface area contributed by atoms with Crippen molar-refractivity contribution in [3.8, 4) is 0 Å². The summed E-state index contributed by atoms with van der Waals surface area (Å²) in [6.07, 6.45) is 11.2. The van der Waals surface area contributed by atoms with Crippen LogP contribution in [0.5, 0.6) is 0 Å². The van der Waals surface area contributed by atoms with E-state index >= 15 is 0 Å². The number of rotatable bonds is 4. The summed E-state index contributed by atoms with van der Waals surface area (Å²) in [6, 6.07) is 2.62. The van der Waals surface area contributed by atoms with Crippen molar-refractivity contribution in [2.75, 3.05) is 26.7 Å². The summed E-state index contributed by atoms with van der Waals surface area (Å²) in [5.41, 5.74) is 0.995. The maximum absolute atomic E-state index is 13.1. The molecule has 2 aliphatic rings. The van der Waals surface area contributed by atoms with E-state index in [0.29, 0.717) is 22.4 Å². The quantitative estimate of drug-likeness (QED) is 0.900. The number of piperidine rings is 1. The van der Waals surface area contributed by atoms with Gasteiger partial charge in [0.2, 0.25) is 0 Å². The molecular weight excluding hydrogens is 340 g/mol. The second-order valence-corrected chi connectivity index (χ2v) is 8.33. The van der Waals surface area contributed by atoms with Gasteiger partial charge in [-0.2, -0.15) is 0 Å². The van der Waals surface area contributed by atoms with E-state index < -0.39 is 0 Å². The van der Waals surface area contributed by atoms with Crippen molar-refractivity contribution < 1.29 is 4.79 Å². The van der Waals surface area contributed by atoms with Crippen LogP contribution in [0, 0.1) is 5.92 Å². The lowest BCUT2D eigenvalue weighted by Crippen LogP contribution is -2.43. The summed E-state index contributed by atoms with van der Waals surface area (Å²) in [5.74, 6) is 0.555. The Labute approximate surface area is 160 Å². The number of hydrogen-bond acceptors (Lipinski definition) is 3. The molecule has 2 fully saturated rings. The lowest BCUT2D eigenvalue weighted by molar-refractivity contribution is 0.0718. The van der Waals surface area contributed by atoms with Gasteiger partial charge in [0, 0.05) is 44.5 Å². The van der Waals surface area contributed by atoms with Crippen molar-refractivity contribution in [2.45, 2.75) is 44.6 Å². The molecule has 0 unspecified atom stereocenters. The Morgan fingerprint density at radius 1 is 1.22 bits per heavy atom. The normalized spacial score (nSPS) is 19.8. The van der Waals surface area contributed by atoms with Crippen LogP contribution in [0.25, 0.3) is 10.9 Å². The lowest BCUT2D eigenvalue weighted by Gasteiger charge is -2.37. The summed E-state index contributed by atoms with van der Waals surface area (Å²) in [7, 11) is 3.58. The molecule has 1 aliphatic carbocycles. The van der Waals surface area contributed by atoms with Gasteiger partial charge >= 0.3 is 0 Å². The summed E-state index contributed by atoms with van der Waals surface area (Å²) < 4.78 is 1.49. The molecule has 6 nitrogen and oxygen atoms in total. The molecule has 1 saturated carbocycles. The largest absolute Gasteiger partial charge is 0.357 e. The predicted molar refractivity (Wildman–Crippen MR) is 107 cm³/mol. The summed E-state index contributed by atoms with van der Waals surface area (Å²) in [4.78, 5) is 32.7. The first-order chi connectivity index (χ1) is 13.0. The fourth-order valence-corrected chi connectivity index (χ4v) is 4.89. The molecule has 146 valence electrons. The average molecular weight is 370 g/mol. The molecule has 0 radical (unpaired) electrons. The highest BCUT2D eigenvalue weighted by atomic mass is 16.2. The molecule has 1 saturated heterocycles. The van der Waals surface area contributed by atoms with Gasteiger partial charge in [0.25, 0.3) is 11.5 Å². The molecule has 0 aromatic carbocycles. The molecule has 1 N–H and O–H groups in total. The molecule has 6 heteroatoms. The maximum atomic E-state index is 13.1. The Bertz CT molecular complexity index is 870. The molecule has 0 atom stereocenters. The van der Waals surface area contributed by atoms with Gasteiger partial charge in [-0.05, 0) is 50.8 Å². The molecule has 27 heavy (non-hydrogen) atoms. The third-order valence-electron chi connectivity index (χ3n) is 6.49. The standard InChI is InChI=1S/C21H30N4O2/c1-23(13-15-8-11-25(12-9-15)16-5-3-4-6-16)20(26)18-14-24(2)21(27)19-17(18)7-10-22-19/h7,10,14-16,22H,3-6,8-9,11-13H2,1-2H3. The Kier molecular flexibility index (Phi) is 5.08. The van der Waals surface area contributed by atoms with Crippen molar-refractivity contribution in [3.05, 3.63) is 34.4 Å². The van der Waals surface area contributed by atoms with Crippen LogP contribution in [0.2, 0.25) is 0 Å². The SMILES string of the molecule is CN(CC1CCN(C2CCCC2)CC1)C(=O)c1cn(C)c(=O)c2[nH]ccc12. The Balaban J connectivity index is 1.41. The number of fused-ring (bicyclic) bond motifs is 1. The number of carbonyl (C=O) groups is 1. The predicted octanol–water partition coefficient (Wildman–Crippen LogP) is 2.59. The van der Waals surface area contributed by atoms with Crippen LogP contribution in [0.3, 0.4) is 0 Å². The van der Waals surface area contributed by atoms with Crippen molar-refractivity contribution in [3.63, 3.8) is 0 Å². The fourth-order valence-electron chi connectivity index (χ4n) is 4.89. The van der Waals surface area contributed by atoms with Crippen molar-refractivity contribution in [1.29, 1.82) is 0 Å². The monoisotopic (exact) mass is 370 g/mol. The molecule has 1 aliphatic heterocycles. The molecule has 1 amide bonds. The van der Waals surface area contributed by atoms with Crippen LogP contribution in [-0.4, -0.2) is 58.0 Å². The second-order valence-electron chi connectivity index (χ2n) is 8.33. The summed E-state index contributed by atoms with van der Waals surface area (Å²) >= 11 is 0. The van der Waals surface area contributed by atoms with Gasteiger partial charge in [-0.15, -0.1) is 0 Å². The molecule has 0 spiro atoms. The number of carbonyl (C=O) groups excluding carboxylic acids is 1. The zero-order valence-electron chi connectivity index (χ0n) is 16.4. The number of aromatic amines is 1. The third kappa shape index (κ3) is 3.55. The van der Waals surface area contributed by atoms with Crippen LogP contribution in [0.15, 0.2) is 23.3 Å². The average Bonchev–Trinajstić information content (AvgIpc) is 3.36. The molecule has 2 aromatic rings. The van der Waals surface area contributed by atoms with Crippen LogP contribution >= 0.6 is 0 Å². The number of aryl methyl sites for hydroxylation is 1. The highest BCUT2D eigenvalue weighted by Gasteiger charge is 2.28. The molecular formula is C21H30N4O2. The second kappa shape index (κ2) is 7.50. The van der Waals surface area contributed by atoms with Crippen LogP contribution in [0.4, 0.5) is 0 Å². The van der Waals surface area contributed by atoms with Crippen LogP contribution in [-0.2, 0) is 7.05 Å². The van der Waals surface area contributed by atoms with E-state index in [-0.39, 0.29) is 11.5 Å². The van der Waals surface area contributed by atoms with Crippen molar-refractivity contribution in [1.82, 2.24) is 19.4 Å². The Morgan fingerprint density at radius 3 is 2.63 bits per heavy atom. The van der Waals surface area contributed by atoms with Gasteiger partial charge in [-0.3, -0.25) is 9.59 Å². The summed E-state index contributed by atoms with van der Waals surface area (Å²) in [6.45, 7) is 3.12.